The van der Waals surface area contributed by atoms with Gasteiger partial charge in [0.1, 0.15) is 12.2 Å². The van der Waals surface area contributed by atoms with E-state index >= 15 is 0 Å². The van der Waals surface area contributed by atoms with E-state index in [1.54, 1.807) is 0 Å². The summed E-state index contributed by atoms with van der Waals surface area (Å²) in [5, 5.41) is 37.8. The van der Waals surface area contributed by atoms with Gasteiger partial charge < -0.3 is 25.2 Å². The van der Waals surface area contributed by atoms with Crippen LogP contribution in [0.2, 0.25) is 0 Å². The van der Waals surface area contributed by atoms with Crippen LogP contribution in [0.25, 0.3) is 0 Å². The topological polar surface area (TPSA) is 90.2 Å². The Labute approximate surface area is 103 Å². The Morgan fingerprint density at radius 3 is 2.72 bits per heavy atom. The first-order valence-electron chi connectivity index (χ1n) is 5.64. The third-order valence-corrected chi connectivity index (χ3v) is 3.07. The number of aliphatic hydroxyl groups is 3. The smallest absolute Gasteiger partial charge is 0.170 e. The fourth-order valence-electron chi connectivity index (χ4n) is 2.09. The summed E-state index contributed by atoms with van der Waals surface area (Å²) in [4.78, 5) is 0. The Morgan fingerprint density at radius 2 is 2.06 bits per heavy atom. The number of phenolic OH excluding ortho intramolecular Hbond substituents is 1. The first kappa shape index (κ1) is 13.2. The Kier molecular flexibility index (Phi) is 3.82. The molecule has 1 saturated heterocycles. The van der Waals surface area contributed by atoms with E-state index in [1.165, 1.54) is 18.2 Å². The van der Waals surface area contributed by atoms with Gasteiger partial charge in [-0.3, -0.25) is 0 Å². The zero-order valence-electron chi connectivity index (χ0n) is 9.53. The minimum absolute atomic E-state index is 0.0419. The van der Waals surface area contributed by atoms with E-state index < -0.39 is 36.0 Å². The molecule has 1 heterocycles. The Morgan fingerprint density at radius 1 is 1.33 bits per heavy atom. The molecule has 0 radical (unpaired) electrons. The van der Waals surface area contributed by atoms with Crippen molar-refractivity contribution in [2.24, 2.45) is 0 Å². The molecule has 5 nitrogen and oxygen atoms in total. The predicted octanol–water partition coefficient (Wildman–Crippen LogP) is 0.0754. The molecule has 0 aromatic heterocycles. The van der Waals surface area contributed by atoms with Crippen molar-refractivity contribution in [3.8, 4) is 5.75 Å². The minimum atomic E-state index is -1.30. The molecule has 18 heavy (non-hydrogen) atoms. The molecular formula is C12H15FO5. The Hall–Kier alpha value is -1.21. The van der Waals surface area contributed by atoms with Crippen molar-refractivity contribution in [2.75, 3.05) is 6.61 Å². The van der Waals surface area contributed by atoms with Crippen LogP contribution in [0.5, 0.6) is 5.75 Å². The zero-order chi connectivity index (χ0) is 13.3. The summed E-state index contributed by atoms with van der Waals surface area (Å²) in [5.41, 5.74) is -0.0419. The highest BCUT2D eigenvalue weighted by atomic mass is 19.1. The largest absolute Gasteiger partial charge is 0.505 e. The second-order valence-corrected chi connectivity index (χ2v) is 4.34. The average molecular weight is 258 g/mol. The van der Waals surface area contributed by atoms with Crippen molar-refractivity contribution in [2.45, 2.75) is 30.8 Å². The molecule has 0 bridgehead atoms. The zero-order valence-corrected chi connectivity index (χ0v) is 9.53. The summed E-state index contributed by atoms with van der Waals surface area (Å²) in [6.45, 7) is -0.333. The highest BCUT2D eigenvalue weighted by molar-refractivity contribution is 5.32. The summed E-state index contributed by atoms with van der Waals surface area (Å²) in [6.07, 6.45) is -4.12. The number of hydrogen-bond donors (Lipinski definition) is 4. The number of aliphatic hydroxyl groups excluding tert-OH is 3. The summed E-state index contributed by atoms with van der Waals surface area (Å²) < 4.78 is 19.1. The van der Waals surface area contributed by atoms with E-state index in [4.69, 9.17) is 9.84 Å². The highest BCUT2D eigenvalue weighted by Crippen LogP contribution is 2.35. The summed E-state index contributed by atoms with van der Waals surface area (Å²) >= 11 is 0. The maximum atomic E-state index is 13.7. The quantitative estimate of drug-likeness (QED) is 0.603. The number of halogens is 1. The molecule has 2 rings (SSSR count). The Bertz CT molecular complexity index is 425. The molecule has 0 amide bonds. The third kappa shape index (κ3) is 2.32. The summed E-state index contributed by atoms with van der Waals surface area (Å²) in [7, 11) is 0. The van der Waals surface area contributed by atoms with Gasteiger partial charge in [0.15, 0.2) is 11.6 Å². The van der Waals surface area contributed by atoms with Crippen molar-refractivity contribution in [1.29, 1.82) is 0 Å². The molecule has 1 aromatic rings. The third-order valence-electron chi connectivity index (χ3n) is 3.07. The normalized spacial score (nSPS) is 32.4. The van der Waals surface area contributed by atoms with Crippen LogP contribution in [0.1, 0.15) is 18.1 Å². The molecule has 4 atom stereocenters. The number of hydrogen-bond acceptors (Lipinski definition) is 5. The lowest BCUT2D eigenvalue weighted by atomic mass is 9.93. The van der Waals surface area contributed by atoms with E-state index in [2.05, 4.69) is 0 Å². The fourth-order valence-corrected chi connectivity index (χ4v) is 2.09. The van der Waals surface area contributed by atoms with Gasteiger partial charge in [-0.25, -0.2) is 4.39 Å². The van der Waals surface area contributed by atoms with Gasteiger partial charge in [0.2, 0.25) is 0 Å². The van der Waals surface area contributed by atoms with Gasteiger partial charge >= 0.3 is 0 Å². The van der Waals surface area contributed by atoms with Crippen LogP contribution in [0.15, 0.2) is 18.2 Å². The maximum absolute atomic E-state index is 13.7. The van der Waals surface area contributed by atoms with E-state index in [1.807, 2.05) is 0 Å². The van der Waals surface area contributed by atoms with Crippen LogP contribution in [0.4, 0.5) is 4.39 Å². The average Bonchev–Trinajstić information content (AvgIpc) is 2.36. The van der Waals surface area contributed by atoms with Crippen molar-refractivity contribution in [3.05, 3.63) is 29.6 Å². The van der Waals surface area contributed by atoms with Crippen LogP contribution in [-0.4, -0.2) is 45.3 Å². The highest BCUT2D eigenvalue weighted by Gasteiger charge is 2.38. The summed E-state index contributed by atoms with van der Waals surface area (Å²) in [6, 6.07) is 3.95. The van der Waals surface area contributed by atoms with E-state index in [9.17, 15) is 19.7 Å². The van der Waals surface area contributed by atoms with Gasteiger partial charge in [-0.1, -0.05) is 12.1 Å². The van der Waals surface area contributed by atoms with Gasteiger partial charge in [-0.2, -0.15) is 0 Å². The predicted molar refractivity (Wildman–Crippen MR) is 59.4 cm³/mol. The first-order chi connectivity index (χ1) is 8.54. The lowest BCUT2D eigenvalue weighted by molar-refractivity contribution is -0.180. The van der Waals surface area contributed by atoms with E-state index in [0.29, 0.717) is 0 Å². The molecule has 1 fully saturated rings. The van der Waals surface area contributed by atoms with Gasteiger partial charge in [-0.05, 0) is 6.07 Å². The molecule has 0 aliphatic carbocycles. The molecule has 1 aliphatic rings. The van der Waals surface area contributed by atoms with Crippen molar-refractivity contribution in [1.82, 2.24) is 0 Å². The van der Waals surface area contributed by atoms with E-state index in [0.717, 1.165) is 0 Å². The number of aromatic hydroxyl groups is 1. The van der Waals surface area contributed by atoms with Crippen molar-refractivity contribution in [3.63, 3.8) is 0 Å². The molecule has 1 aliphatic heterocycles. The molecular weight excluding hydrogens is 243 g/mol. The second kappa shape index (κ2) is 5.19. The second-order valence-electron chi connectivity index (χ2n) is 4.34. The molecule has 0 saturated carbocycles. The van der Waals surface area contributed by atoms with Crippen molar-refractivity contribution < 1.29 is 29.6 Å². The van der Waals surface area contributed by atoms with Crippen LogP contribution < -0.4 is 0 Å². The Balaban J connectivity index is 2.32. The lowest BCUT2D eigenvalue weighted by Crippen LogP contribution is -2.44. The minimum Gasteiger partial charge on any atom is -0.505 e. The fraction of sp³-hybridized carbons (Fsp3) is 0.500. The van der Waals surface area contributed by atoms with Gasteiger partial charge in [0.25, 0.3) is 0 Å². The van der Waals surface area contributed by atoms with Crippen LogP contribution in [0, 0.1) is 5.82 Å². The standard InChI is InChI=1S/C12H15FO5/c13-10-7(2-1-3-8(10)15)12-11(17)9(16)4-6(5-14)18-12/h1-3,6,9,11-12,14-17H,4-5H2/t6-,9-,11-,12+/m0/s1. The molecule has 0 unspecified atom stereocenters. The summed E-state index contributed by atoms with van der Waals surface area (Å²) in [5.74, 6) is -1.45. The SMILES string of the molecule is OC[C@@H]1C[C@H](O)[C@H](O)[C@@H](c2cccc(O)c2F)O1. The molecule has 6 heteroatoms. The monoisotopic (exact) mass is 258 g/mol. The van der Waals surface area contributed by atoms with Crippen molar-refractivity contribution >= 4 is 0 Å². The lowest BCUT2D eigenvalue weighted by Gasteiger charge is -2.36. The van der Waals surface area contributed by atoms with Crippen LogP contribution >= 0.6 is 0 Å². The first-order valence-corrected chi connectivity index (χ1v) is 5.64. The number of ether oxygens (including phenoxy) is 1. The molecule has 4 N–H and O–H groups in total. The maximum Gasteiger partial charge on any atom is 0.170 e. The number of phenols is 1. The number of benzene rings is 1. The number of rotatable bonds is 2. The molecule has 100 valence electrons. The van der Waals surface area contributed by atoms with Gasteiger partial charge in [-0.15, -0.1) is 0 Å². The molecule has 0 spiro atoms. The van der Waals surface area contributed by atoms with Gasteiger partial charge in [0, 0.05) is 12.0 Å². The van der Waals surface area contributed by atoms with Gasteiger partial charge in [0.05, 0.1) is 18.8 Å². The molecule has 1 aromatic carbocycles. The van der Waals surface area contributed by atoms with E-state index in [-0.39, 0.29) is 18.6 Å². The van der Waals surface area contributed by atoms with Crippen LogP contribution in [-0.2, 0) is 4.74 Å². The van der Waals surface area contributed by atoms with Crippen LogP contribution in [0.3, 0.4) is 0 Å².